The third-order valence-corrected chi connectivity index (χ3v) is 10.1. The van der Waals surface area contributed by atoms with Gasteiger partial charge in [0.2, 0.25) is 0 Å². The summed E-state index contributed by atoms with van der Waals surface area (Å²) >= 11 is 0. The first kappa shape index (κ1) is 35.1. The molecule has 5 heteroatoms. The average molecular weight is 595 g/mol. The number of hydrogen-bond acceptors (Lipinski definition) is 5. The van der Waals surface area contributed by atoms with Gasteiger partial charge in [-0.05, 0) is 106 Å². The van der Waals surface area contributed by atoms with E-state index in [1.165, 1.54) is 95.1 Å². The molecule has 0 bridgehead atoms. The summed E-state index contributed by atoms with van der Waals surface area (Å²) in [6.07, 6.45) is 18.5. The molecule has 0 heterocycles. The van der Waals surface area contributed by atoms with Crippen molar-refractivity contribution in [3.63, 3.8) is 0 Å². The van der Waals surface area contributed by atoms with Crippen molar-refractivity contribution in [1.29, 1.82) is 0 Å². The molecule has 2 aliphatic carbocycles. The highest BCUT2D eigenvalue weighted by molar-refractivity contribution is 5.88. The second kappa shape index (κ2) is 18.4. The molecule has 2 saturated carbocycles. The highest BCUT2D eigenvalue weighted by Crippen LogP contribution is 2.44. The zero-order chi connectivity index (χ0) is 31.2. The summed E-state index contributed by atoms with van der Waals surface area (Å²) in [7, 11) is 0. The molecule has 43 heavy (non-hydrogen) atoms. The average Bonchev–Trinajstić information content (AvgIpc) is 3.02. The molecule has 3 rings (SSSR count). The third-order valence-electron chi connectivity index (χ3n) is 10.1. The number of aryl methyl sites for hydroxylation is 1. The SMILES string of the molecule is C=C(C)C(=O)OCC(CCCc1ccc(C2CCC(C3CCC(CCCCC)CC3)CC2)cc1)COC(=O)C(=C)C(C)O. The van der Waals surface area contributed by atoms with E-state index in [4.69, 9.17) is 9.47 Å². The van der Waals surface area contributed by atoms with Gasteiger partial charge >= 0.3 is 11.9 Å². The lowest BCUT2D eigenvalue weighted by Gasteiger charge is -2.38. The van der Waals surface area contributed by atoms with Crippen LogP contribution in [0.2, 0.25) is 0 Å². The number of rotatable bonds is 17. The van der Waals surface area contributed by atoms with Crippen molar-refractivity contribution >= 4 is 11.9 Å². The number of unbranched alkanes of at least 4 members (excludes halogenated alkanes) is 2. The smallest absolute Gasteiger partial charge is 0.336 e. The predicted molar refractivity (Wildman–Crippen MR) is 175 cm³/mol. The molecule has 0 saturated heterocycles. The van der Waals surface area contributed by atoms with Crippen molar-refractivity contribution in [2.45, 2.75) is 129 Å². The molecule has 1 N–H and O–H groups in total. The quantitative estimate of drug-likeness (QED) is 0.111. The highest BCUT2D eigenvalue weighted by Gasteiger charge is 2.31. The first-order valence-electron chi connectivity index (χ1n) is 17.1. The number of ether oxygens (including phenoxy) is 2. The Morgan fingerprint density at radius 1 is 0.860 bits per heavy atom. The number of aliphatic hydroxyl groups excluding tert-OH is 1. The largest absolute Gasteiger partial charge is 0.462 e. The van der Waals surface area contributed by atoms with Gasteiger partial charge in [-0.25, -0.2) is 9.59 Å². The summed E-state index contributed by atoms with van der Waals surface area (Å²) in [5.74, 6) is 2.40. The van der Waals surface area contributed by atoms with E-state index in [1.54, 1.807) is 6.92 Å². The Morgan fingerprint density at radius 2 is 1.44 bits per heavy atom. The summed E-state index contributed by atoms with van der Waals surface area (Å²) in [6.45, 7) is 12.9. The molecule has 5 nitrogen and oxygen atoms in total. The topological polar surface area (TPSA) is 72.8 Å². The molecular weight excluding hydrogens is 536 g/mol. The van der Waals surface area contributed by atoms with Gasteiger partial charge < -0.3 is 14.6 Å². The minimum Gasteiger partial charge on any atom is -0.462 e. The Morgan fingerprint density at radius 3 is 2.00 bits per heavy atom. The van der Waals surface area contributed by atoms with E-state index in [0.29, 0.717) is 11.5 Å². The second-order valence-electron chi connectivity index (χ2n) is 13.6. The number of benzene rings is 1. The van der Waals surface area contributed by atoms with Gasteiger partial charge in [0.1, 0.15) is 0 Å². The fourth-order valence-electron chi connectivity index (χ4n) is 7.09. The van der Waals surface area contributed by atoms with Crippen LogP contribution in [0.15, 0.2) is 48.6 Å². The Hall–Kier alpha value is -2.40. The monoisotopic (exact) mass is 594 g/mol. The maximum absolute atomic E-state index is 12.1. The number of carbonyl (C=O) groups is 2. The number of carbonyl (C=O) groups excluding carboxylic acids is 2. The van der Waals surface area contributed by atoms with E-state index in [9.17, 15) is 14.7 Å². The van der Waals surface area contributed by atoms with Gasteiger partial charge in [0.15, 0.2) is 0 Å². The first-order valence-corrected chi connectivity index (χ1v) is 17.1. The van der Waals surface area contributed by atoms with Gasteiger partial charge in [-0.2, -0.15) is 0 Å². The fourth-order valence-corrected chi connectivity index (χ4v) is 7.09. The highest BCUT2D eigenvalue weighted by atomic mass is 16.5. The summed E-state index contributed by atoms with van der Waals surface area (Å²) in [5.41, 5.74) is 3.14. The Kier molecular flexibility index (Phi) is 15.0. The molecule has 0 spiro atoms. The van der Waals surface area contributed by atoms with Crippen LogP contribution in [0.4, 0.5) is 0 Å². The van der Waals surface area contributed by atoms with E-state index >= 15 is 0 Å². The molecule has 0 amide bonds. The van der Waals surface area contributed by atoms with E-state index in [0.717, 1.165) is 37.0 Å². The van der Waals surface area contributed by atoms with Crippen molar-refractivity contribution in [3.05, 3.63) is 59.7 Å². The Labute approximate surface area is 261 Å². The molecule has 2 unspecified atom stereocenters. The Bertz CT molecular complexity index is 1010. The molecule has 1 aromatic rings. The van der Waals surface area contributed by atoms with Crippen molar-refractivity contribution < 1.29 is 24.2 Å². The standard InChI is InChI=1S/C38H58O5/c1-6-7-8-10-30-13-17-33(18-14-30)35-21-23-36(24-22-35)34-19-15-31(16-20-34)11-9-12-32(25-42-37(40)27(2)3)26-43-38(41)28(4)29(5)39/h15-16,19-20,29-30,32-33,35-36,39H,2,4,6-14,17-18,21-26H2,1,3,5H3. The minimum atomic E-state index is -0.963. The molecule has 0 radical (unpaired) electrons. The molecule has 240 valence electrons. The van der Waals surface area contributed by atoms with Gasteiger partial charge in [0, 0.05) is 11.5 Å². The maximum Gasteiger partial charge on any atom is 0.336 e. The van der Waals surface area contributed by atoms with Gasteiger partial charge in [0.05, 0.1) is 24.9 Å². The maximum atomic E-state index is 12.1. The zero-order valence-corrected chi connectivity index (χ0v) is 27.3. The summed E-state index contributed by atoms with van der Waals surface area (Å²) in [5, 5.41) is 9.59. The summed E-state index contributed by atoms with van der Waals surface area (Å²) in [6, 6.07) is 9.20. The lowest BCUT2D eigenvalue weighted by Crippen LogP contribution is -2.25. The summed E-state index contributed by atoms with van der Waals surface area (Å²) in [4.78, 5) is 24.1. The fraction of sp³-hybridized carbons (Fsp3) is 0.684. The number of aliphatic hydroxyl groups is 1. The van der Waals surface area contributed by atoms with Gasteiger partial charge in [-0.1, -0.05) is 82.9 Å². The van der Waals surface area contributed by atoms with E-state index in [2.05, 4.69) is 44.3 Å². The van der Waals surface area contributed by atoms with E-state index < -0.39 is 18.0 Å². The molecule has 0 aromatic heterocycles. The molecule has 2 atom stereocenters. The van der Waals surface area contributed by atoms with Crippen LogP contribution in [0.3, 0.4) is 0 Å². The van der Waals surface area contributed by atoms with Gasteiger partial charge in [-0.3, -0.25) is 0 Å². The molecule has 2 aliphatic rings. The van der Waals surface area contributed by atoms with Gasteiger partial charge in [0.25, 0.3) is 0 Å². The summed E-state index contributed by atoms with van der Waals surface area (Å²) < 4.78 is 10.7. The van der Waals surface area contributed by atoms with E-state index in [1.807, 2.05) is 0 Å². The molecule has 0 aliphatic heterocycles. The van der Waals surface area contributed by atoms with Crippen molar-refractivity contribution in [1.82, 2.24) is 0 Å². The van der Waals surface area contributed by atoms with Crippen molar-refractivity contribution in [3.8, 4) is 0 Å². The number of hydrogen-bond donors (Lipinski definition) is 1. The van der Waals surface area contributed by atoms with Crippen molar-refractivity contribution in [2.24, 2.45) is 23.7 Å². The molecule has 1 aromatic carbocycles. The van der Waals surface area contributed by atoms with Crippen LogP contribution in [-0.4, -0.2) is 36.4 Å². The first-order chi connectivity index (χ1) is 20.7. The Balaban J connectivity index is 1.41. The molecule has 2 fully saturated rings. The zero-order valence-electron chi connectivity index (χ0n) is 27.3. The van der Waals surface area contributed by atoms with Crippen LogP contribution < -0.4 is 0 Å². The lowest BCUT2D eigenvalue weighted by atomic mass is 9.68. The van der Waals surface area contributed by atoms with Gasteiger partial charge in [-0.15, -0.1) is 0 Å². The van der Waals surface area contributed by atoms with Crippen LogP contribution in [0.25, 0.3) is 0 Å². The predicted octanol–water partition coefficient (Wildman–Crippen LogP) is 8.89. The number of esters is 2. The minimum absolute atomic E-state index is 0.0200. The lowest BCUT2D eigenvalue weighted by molar-refractivity contribution is -0.144. The van der Waals surface area contributed by atoms with Crippen LogP contribution in [0.1, 0.15) is 128 Å². The van der Waals surface area contributed by atoms with Crippen LogP contribution in [0, 0.1) is 23.7 Å². The van der Waals surface area contributed by atoms with Crippen LogP contribution >= 0.6 is 0 Å². The molecular formula is C38H58O5. The normalized spacial score (nSPS) is 23.6. The van der Waals surface area contributed by atoms with Crippen molar-refractivity contribution in [2.75, 3.05) is 13.2 Å². The van der Waals surface area contributed by atoms with Crippen LogP contribution in [0.5, 0.6) is 0 Å². The van der Waals surface area contributed by atoms with E-state index in [-0.39, 0.29) is 24.7 Å². The third kappa shape index (κ3) is 11.9. The van der Waals surface area contributed by atoms with Crippen LogP contribution in [-0.2, 0) is 25.5 Å². The second-order valence-corrected chi connectivity index (χ2v) is 13.6.